The second-order valence-electron chi connectivity index (χ2n) is 5.33. The highest BCUT2D eigenvalue weighted by molar-refractivity contribution is 5.26. The van der Waals surface area contributed by atoms with Gasteiger partial charge in [-0.05, 0) is 42.9 Å². The van der Waals surface area contributed by atoms with E-state index in [4.69, 9.17) is 4.74 Å². The molecule has 0 saturated carbocycles. The number of methoxy groups -OCH3 is 1. The quantitative estimate of drug-likeness (QED) is 0.715. The molecule has 0 aromatic heterocycles. The number of aryl methyl sites for hydroxylation is 1. The van der Waals surface area contributed by atoms with Gasteiger partial charge in [-0.3, -0.25) is 0 Å². The molecule has 0 aliphatic heterocycles. The Balaban J connectivity index is 2.50. The molecule has 0 fully saturated rings. The summed E-state index contributed by atoms with van der Waals surface area (Å²) in [5.74, 6) is 1.38. The molecule has 0 saturated heterocycles. The highest BCUT2D eigenvalue weighted by Gasteiger charge is 2.14. The maximum absolute atomic E-state index is 5.06. The van der Waals surface area contributed by atoms with E-state index in [1.54, 1.807) is 7.11 Å². The largest absolute Gasteiger partial charge is 0.383 e. The van der Waals surface area contributed by atoms with E-state index in [1.807, 2.05) is 0 Å². The lowest BCUT2D eigenvalue weighted by Crippen LogP contribution is -2.30. The minimum atomic E-state index is 0.683. The molecule has 0 aliphatic rings. The van der Waals surface area contributed by atoms with Crippen LogP contribution in [0.1, 0.15) is 25.0 Å². The number of rotatable bonds is 8. The fourth-order valence-corrected chi connectivity index (χ4v) is 2.13. The van der Waals surface area contributed by atoms with E-state index < -0.39 is 0 Å². The second kappa shape index (κ2) is 8.28. The first kappa shape index (κ1) is 15.2. The SMILES string of the molecule is COCCNCC(Cc1ccccc1C)C(C)C. The van der Waals surface area contributed by atoms with Gasteiger partial charge in [-0.25, -0.2) is 0 Å². The number of hydrogen-bond donors (Lipinski definition) is 1. The lowest BCUT2D eigenvalue weighted by atomic mass is 9.87. The van der Waals surface area contributed by atoms with Crippen LogP contribution < -0.4 is 5.32 Å². The molecule has 1 rings (SSSR count). The monoisotopic (exact) mass is 249 g/mol. The van der Waals surface area contributed by atoms with E-state index in [2.05, 4.69) is 50.4 Å². The summed E-state index contributed by atoms with van der Waals surface area (Å²) in [4.78, 5) is 0. The summed E-state index contributed by atoms with van der Waals surface area (Å²) in [5.41, 5.74) is 2.88. The summed E-state index contributed by atoms with van der Waals surface area (Å²) < 4.78 is 5.06. The van der Waals surface area contributed by atoms with Crippen LogP contribution in [0.3, 0.4) is 0 Å². The van der Waals surface area contributed by atoms with Gasteiger partial charge < -0.3 is 10.1 Å². The average Bonchev–Trinajstić information content (AvgIpc) is 2.35. The van der Waals surface area contributed by atoms with Crippen molar-refractivity contribution in [1.82, 2.24) is 5.32 Å². The third-order valence-electron chi connectivity index (χ3n) is 3.58. The van der Waals surface area contributed by atoms with Gasteiger partial charge in [0.05, 0.1) is 6.61 Å². The summed E-state index contributed by atoms with van der Waals surface area (Å²) in [6, 6.07) is 8.70. The molecule has 1 aromatic rings. The van der Waals surface area contributed by atoms with Gasteiger partial charge in [-0.15, -0.1) is 0 Å². The summed E-state index contributed by atoms with van der Waals surface area (Å²) in [6.45, 7) is 9.60. The van der Waals surface area contributed by atoms with Gasteiger partial charge in [-0.1, -0.05) is 38.1 Å². The Morgan fingerprint density at radius 2 is 1.94 bits per heavy atom. The fourth-order valence-electron chi connectivity index (χ4n) is 2.13. The Bertz CT molecular complexity index is 336. The first-order valence-electron chi connectivity index (χ1n) is 6.89. The number of hydrogen-bond acceptors (Lipinski definition) is 2. The lowest BCUT2D eigenvalue weighted by molar-refractivity contribution is 0.196. The molecule has 0 aliphatic carbocycles. The van der Waals surface area contributed by atoms with Crippen LogP contribution in [-0.2, 0) is 11.2 Å². The third-order valence-corrected chi connectivity index (χ3v) is 3.58. The van der Waals surface area contributed by atoms with E-state index in [9.17, 15) is 0 Å². The molecule has 1 unspecified atom stereocenters. The maximum Gasteiger partial charge on any atom is 0.0587 e. The van der Waals surface area contributed by atoms with Crippen molar-refractivity contribution in [2.75, 3.05) is 26.8 Å². The van der Waals surface area contributed by atoms with E-state index in [-0.39, 0.29) is 0 Å². The van der Waals surface area contributed by atoms with Crippen LogP contribution >= 0.6 is 0 Å². The molecule has 0 bridgehead atoms. The van der Waals surface area contributed by atoms with Crippen molar-refractivity contribution in [3.63, 3.8) is 0 Å². The molecule has 102 valence electrons. The van der Waals surface area contributed by atoms with Gasteiger partial charge in [-0.2, -0.15) is 0 Å². The van der Waals surface area contributed by atoms with Crippen molar-refractivity contribution < 1.29 is 4.74 Å². The van der Waals surface area contributed by atoms with Gasteiger partial charge in [0.1, 0.15) is 0 Å². The highest BCUT2D eigenvalue weighted by Crippen LogP contribution is 2.19. The van der Waals surface area contributed by atoms with Crippen LogP contribution in [0.4, 0.5) is 0 Å². The van der Waals surface area contributed by atoms with Crippen molar-refractivity contribution in [2.45, 2.75) is 27.2 Å². The summed E-state index contributed by atoms with van der Waals surface area (Å²) >= 11 is 0. The third kappa shape index (κ3) is 5.19. The molecule has 0 heterocycles. The molecule has 1 atom stereocenters. The van der Waals surface area contributed by atoms with Crippen molar-refractivity contribution in [1.29, 1.82) is 0 Å². The van der Waals surface area contributed by atoms with E-state index in [0.717, 1.165) is 26.1 Å². The Morgan fingerprint density at radius 3 is 2.56 bits per heavy atom. The van der Waals surface area contributed by atoms with Crippen LogP contribution in [0.2, 0.25) is 0 Å². The molecule has 0 spiro atoms. The topological polar surface area (TPSA) is 21.3 Å². The minimum Gasteiger partial charge on any atom is -0.383 e. The van der Waals surface area contributed by atoms with Crippen molar-refractivity contribution in [2.24, 2.45) is 11.8 Å². The predicted molar refractivity (Wildman–Crippen MR) is 78.0 cm³/mol. The normalized spacial score (nSPS) is 12.9. The molecular formula is C16H27NO. The molecule has 18 heavy (non-hydrogen) atoms. The van der Waals surface area contributed by atoms with Crippen molar-refractivity contribution in [3.8, 4) is 0 Å². The number of benzene rings is 1. The zero-order valence-electron chi connectivity index (χ0n) is 12.2. The smallest absolute Gasteiger partial charge is 0.0587 e. The first-order valence-corrected chi connectivity index (χ1v) is 6.89. The molecule has 1 N–H and O–H groups in total. The zero-order valence-corrected chi connectivity index (χ0v) is 12.2. The first-order chi connectivity index (χ1) is 8.65. The predicted octanol–water partition coefficient (Wildman–Crippen LogP) is 3.05. The van der Waals surface area contributed by atoms with Crippen LogP contribution in [0.25, 0.3) is 0 Å². The Hall–Kier alpha value is -0.860. The zero-order chi connectivity index (χ0) is 13.4. The van der Waals surface area contributed by atoms with Gasteiger partial charge in [0.15, 0.2) is 0 Å². The van der Waals surface area contributed by atoms with Crippen LogP contribution in [0.5, 0.6) is 0 Å². The van der Waals surface area contributed by atoms with Crippen LogP contribution in [0, 0.1) is 18.8 Å². The van der Waals surface area contributed by atoms with Crippen molar-refractivity contribution >= 4 is 0 Å². The summed E-state index contributed by atoms with van der Waals surface area (Å²) in [6.07, 6.45) is 1.16. The van der Waals surface area contributed by atoms with Crippen molar-refractivity contribution in [3.05, 3.63) is 35.4 Å². The summed E-state index contributed by atoms with van der Waals surface area (Å²) in [5, 5.41) is 3.48. The fraction of sp³-hybridized carbons (Fsp3) is 0.625. The molecule has 0 radical (unpaired) electrons. The standard InChI is InChI=1S/C16H27NO/c1-13(2)16(12-17-9-10-18-4)11-15-8-6-5-7-14(15)3/h5-8,13,16-17H,9-12H2,1-4H3. The number of nitrogens with one attached hydrogen (secondary N) is 1. The van der Waals surface area contributed by atoms with Crippen LogP contribution in [-0.4, -0.2) is 26.8 Å². The Kier molecular flexibility index (Phi) is 6.99. The average molecular weight is 249 g/mol. The van der Waals surface area contributed by atoms with E-state index in [0.29, 0.717) is 11.8 Å². The molecule has 0 amide bonds. The van der Waals surface area contributed by atoms with E-state index in [1.165, 1.54) is 11.1 Å². The summed E-state index contributed by atoms with van der Waals surface area (Å²) in [7, 11) is 1.74. The Labute approximate surface area is 112 Å². The molecule has 1 aromatic carbocycles. The van der Waals surface area contributed by atoms with E-state index >= 15 is 0 Å². The van der Waals surface area contributed by atoms with Gasteiger partial charge in [0.2, 0.25) is 0 Å². The molecule has 2 nitrogen and oxygen atoms in total. The highest BCUT2D eigenvalue weighted by atomic mass is 16.5. The Morgan fingerprint density at radius 1 is 1.22 bits per heavy atom. The minimum absolute atomic E-state index is 0.683. The second-order valence-corrected chi connectivity index (χ2v) is 5.33. The lowest BCUT2D eigenvalue weighted by Gasteiger charge is -2.22. The van der Waals surface area contributed by atoms with Crippen LogP contribution in [0.15, 0.2) is 24.3 Å². The molecule has 2 heteroatoms. The number of ether oxygens (including phenoxy) is 1. The van der Waals surface area contributed by atoms with Gasteiger partial charge >= 0.3 is 0 Å². The molecular weight excluding hydrogens is 222 g/mol. The maximum atomic E-state index is 5.06. The van der Waals surface area contributed by atoms with Gasteiger partial charge in [0.25, 0.3) is 0 Å². The van der Waals surface area contributed by atoms with Gasteiger partial charge in [0, 0.05) is 13.7 Å².